The molecule has 0 saturated heterocycles. The first kappa shape index (κ1) is 29.5. The molecule has 0 fully saturated rings. The Balaban J connectivity index is -0.0000000279. The van der Waals surface area contributed by atoms with Crippen LogP contribution in [0.1, 0.15) is 6.92 Å². The van der Waals surface area contributed by atoms with Gasteiger partial charge in [-0.2, -0.15) is 0 Å². The Morgan fingerprint density at radius 3 is 1.15 bits per heavy atom. The second-order valence-corrected chi connectivity index (χ2v) is 1.90. The number of aliphatic carboxylic acids is 1. The van der Waals surface area contributed by atoms with Crippen molar-refractivity contribution in [2.75, 3.05) is 0 Å². The van der Waals surface area contributed by atoms with E-state index >= 15 is 0 Å². The van der Waals surface area contributed by atoms with E-state index in [4.69, 9.17) is 12.2 Å². The van der Waals surface area contributed by atoms with Crippen LogP contribution >= 0.6 is 0 Å². The maximum Gasteiger partial charge on any atom is 1.00 e. The van der Waals surface area contributed by atoms with E-state index < -0.39 is 26.2 Å². The predicted octanol–water partition coefficient (Wildman–Crippen LogP) is -13.5. The molecule has 6 nitrogen and oxygen atoms in total. The summed E-state index contributed by atoms with van der Waals surface area (Å²) in [5.41, 5.74) is 0. The summed E-state index contributed by atoms with van der Waals surface area (Å²) in [6.45, 7) is 0.940. The number of carboxylic acids is 1. The second-order valence-electron chi connectivity index (χ2n) is 1.05. The first-order valence-corrected chi connectivity index (χ1v) is 3.96. The van der Waals surface area contributed by atoms with Gasteiger partial charge < -0.3 is 9.90 Å². The standard InChI is InChI=1S/C3H4O3.3Na.H2O3Se/c1-2(4)3(5)6;;;;1-4(2)3/h1H3,(H,5,6);;;;(H2,1,2,3)/q;3*+1;/p-3. The normalized spacial score (nSPS) is 6.15. The molecule has 0 aliphatic rings. The molecule has 0 N–H and O–H groups in total. The quantitative estimate of drug-likeness (QED) is 0.348. The zero-order chi connectivity index (χ0) is 8.73. The topological polar surface area (TPSA) is 120 Å². The van der Waals surface area contributed by atoms with Gasteiger partial charge in [0.1, 0.15) is 5.97 Å². The Hall–Kier alpha value is 2.38. The molecule has 10 heteroatoms. The summed E-state index contributed by atoms with van der Waals surface area (Å²) in [6.07, 6.45) is 0. The fraction of sp³-hybridized carbons (Fsp3) is 0.333. The second kappa shape index (κ2) is 19.9. The summed E-state index contributed by atoms with van der Waals surface area (Å²) in [5.74, 6) is -2.56. The van der Waals surface area contributed by atoms with Crippen molar-refractivity contribution >= 4 is 26.2 Å². The minimum atomic E-state index is -3.79. The van der Waals surface area contributed by atoms with Crippen LogP contribution in [-0.4, -0.2) is 26.2 Å². The molecule has 0 aliphatic heterocycles. The minimum Gasteiger partial charge on any atom is 1.00 e. The van der Waals surface area contributed by atoms with E-state index in [1.165, 1.54) is 0 Å². The van der Waals surface area contributed by atoms with Crippen LogP contribution in [0.3, 0.4) is 0 Å². The number of carbonyl (C=O) groups is 2. The van der Waals surface area contributed by atoms with E-state index in [2.05, 4.69) is 0 Å². The number of carbonyl (C=O) groups excluding carboxylic acids is 2. The fourth-order valence-electron chi connectivity index (χ4n) is 0. The molecule has 13 heavy (non-hydrogen) atoms. The summed E-state index contributed by atoms with van der Waals surface area (Å²) < 4.78 is 25.6. The van der Waals surface area contributed by atoms with Gasteiger partial charge >= 0.3 is 115 Å². The van der Waals surface area contributed by atoms with E-state index in [0.717, 1.165) is 6.92 Å². The molecule has 0 unspecified atom stereocenters. The van der Waals surface area contributed by atoms with Crippen molar-refractivity contribution in [1.82, 2.24) is 0 Å². The van der Waals surface area contributed by atoms with Gasteiger partial charge in [0.2, 0.25) is 0 Å². The van der Waals surface area contributed by atoms with E-state index in [9.17, 15) is 14.7 Å². The van der Waals surface area contributed by atoms with Gasteiger partial charge in [0.15, 0.2) is 5.78 Å². The third-order valence-corrected chi connectivity index (χ3v) is 0.287. The molecular weight excluding hydrogens is 280 g/mol. The molecule has 60 valence electrons. The zero-order valence-corrected chi connectivity index (χ0v) is 15.6. The smallest absolute Gasteiger partial charge is 1.00 e. The SMILES string of the molecule is CC(=O)C(=O)[O-].O=[Se]([O-])[O-].[Na+].[Na+].[Na+]. The summed E-state index contributed by atoms with van der Waals surface area (Å²) in [6, 6.07) is 0. The number of carboxylic acid groups (broad SMARTS) is 1. The summed E-state index contributed by atoms with van der Waals surface area (Å²) in [7, 11) is 0. The summed E-state index contributed by atoms with van der Waals surface area (Å²) in [4.78, 5) is 18.7. The van der Waals surface area contributed by atoms with E-state index in [0.29, 0.717) is 0 Å². The van der Waals surface area contributed by atoms with Crippen LogP contribution in [-0.2, 0) is 13.4 Å². The van der Waals surface area contributed by atoms with E-state index in [1.54, 1.807) is 0 Å². The van der Waals surface area contributed by atoms with Crippen LogP contribution in [0.2, 0.25) is 0 Å². The molecule has 0 atom stereocenters. The molecular formula is C3H3Na3O6Se. The summed E-state index contributed by atoms with van der Waals surface area (Å²) in [5, 5.41) is 9.24. The summed E-state index contributed by atoms with van der Waals surface area (Å²) >= 11 is -3.79. The van der Waals surface area contributed by atoms with Crippen LogP contribution in [0.5, 0.6) is 0 Å². The maximum absolute atomic E-state index is 9.48. The third kappa shape index (κ3) is 54.1. The Kier molecular flexibility index (Phi) is 45.1. The van der Waals surface area contributed by atoms with Crippen LogP contribution in [0, 0.1) is 0 Å². The van der Waals surface area contributed by atoms with Crippen molar-refractivity contribution in [2.24, 2.45) is 0 Å². The van der Waals surface area contributed by atoms with Crippen LogP contribution in [0.25, 0.3) is 0 Å². The molecule has 0 aromatic carbocycles. The van der Waals surface area contributed by atoms with Gasteiger partial charge in [0.05, 0.1) is 0 Å². The van der Waals surface area contributed by atoms with Gasteiger partial charge in [-0.05, 0) is 0 Å². The number of ketones is 1. The van der Waals surface area contributed by atoms with Gasteiger partial charge in [-0.1, -0.05) is 0 Å². The van der Waals surface area contributed by atoms with Crippen molar-refractivity contribution in [3.05, 3.63) is 0 Å². The number of Topliss-reactive ketones (excluding diaryl/α,β-unsaturated/α-hetero) is 1. The van der Waals surface area contributed by atoms with Crippen molar-refractivity contribution in [3.8, 4) is 0 Å². The number of hydrogen-bond donors (Lipinski definition) is 0. The van der Waals surface area contributed by atoms with Crippen LogP contribution in [0.4, 0.5) is 0 Å². The van der Waals surface area contributed by atoms with Crippen molar-refractivity contribution < 1.29 is 116 Å². The monoisotopic (exact) mass is 284 g/mol. The minimum absolute atomic E-state index is 0. The molecule has 0 rings (SSSR count). The molecule has 0 radical (unpaired) electrons. The van der Waals surface area contributed by atoms with Crippen LogP contribution in [0.15, 0.2) is 0 Å². The molecule has 0 aliphatic carbocycles. The number of hydrogen-bond acceptors (Lipinski definition) is 6. The number of rotatable bonds is 1. The molecule has 0 spiro atoms. The van der Waals surface area contributed by atoms with E-state index in [-0.39, 0.29) is 88.7 Å². The van der Waals surface area contributed by atoms with Crippen molar-refractivity contribution in [2.45, 2.75) is 6.92 Å². The molecule has 0 aromatic heterocycles. The maximum atomic E-state index is 9.48. The van der Waals surface area contributed by atoms with Crippen molar-refractivity contribution in [3.63, 3.8) is 0 Å². The molecule has 0 bridgehead atoms. The van der Waals surface area contributed by atoms with E-state index in [1.807, 2.05) is 0 Å². The van der Waals surface area contributed by atoms with Gasteiger partial charge in [-0.15, -0.1) is 0 Å². The van der Waals surface area contributed by atoms with Gasteiger partial charge in [-0.25, -0.2) is 0 Å². The van der Waals surface area contributed by atoms with Gasteiger partial charge in [0.25, 0.3) is 0 Å². The van der Waals surface area contributed by atoms with Gasteiger partial charge in [-0.3, -0.25) is 4.79 Å². The Labute approximate surface area is 146 Å². The molecule has 0 saturated carbocycles. The Morgan fingerprint density at radius 1 is 1.08 bits per heavy atom. The first-order chi connectivity index (χ1) is 4.37. The molecule has 0 heterocycles. The Morgan fingerprint density at radius 2 is 1.15 bits per heavy atom. The third-order valence-electron chi connectivity index (χ3n) is 0.287. The largest absolute Gasteiger partial charge is 1.00 e. The molecule has 0 aromatic rings. The molecule has 0 amide bonds. The first-order valence-electron chi connectivity index (χ1n) is 1.86. The zero-order valence-electron chi connectivity index (χ0n) is 7.86. The van der Waals surface area contributed by atoms with Gasteiger partial charge in [0, 0.05) is 6.92 Å². The van der Waals surface area contributed by atoms with Crippen molar-refractivity contribution in [1.29, 1.82) is 0 Å². The fourth-order valence-corrected chi connectivity index (χ4v) is 0. The van der Waals surface area contributed by atoms with Crippen LogP contribution < -0.4 is 102 Å². The predicted molar refractivity (Wildman–Crippen MR) is 22.1 cm³/mol. The average molecular weight is 283 g/mol. The Bertz CT molecular complexity index is 145. The average Bonchev–Trinajstić information content (AvgIpc) is 1.63.